The molecule has 1 N–H and O–H groups in total. The zero-order chi connectivity index (χ0) is 20.5. The van der Waals surface area contributed by atoms with Crippen LogP contribution in [-0.2, 0) is 9.59 Å². The third-order valence-corrected chi connectivity index (χ3v) is 5.42. The Balaban J connectivity index is 1.59. The number of nitrogens with one attached hydrogen (secondary N) is 1. The summed E-state index contributed by atoms with van der Waals surface area (Å²) in [5.41, 5.74) is 2.80. The molecular formula is C22H23FN4O2. The molecule has 150 valence electrons. The Kier molecular flexibility index (Phi) is 5.07. The zero-order valence-electron chi connectivity index (χ0n) is 16.5. The van der Waals surface area contributed by atoms with E-state index in [1.54, 1.807) is 0 Å². The molecule has 2 amide bonds. The first kappa shape index (κ1) is 19.1. The van der Waals surface area contributed by atoms with Crippen LogP contribution in [0, 0.1) is 5.82 Å². The number of carbonyl (C=O) groups is 2. The molecule has 1 saturated heterocycles. The Morgan fingerprint density at radius 2 is 1.45 bits per heavy atom. The van der Waals surface area contributed by atoms with E-state index in [2.05, 4.69) is 22.2 Å². The van der Waals surface area contributed by atoms with Crippen molar-refractivity contribution in [3.63, 3.8) is 0 Å². The molecule has 7 heteroatoms. The van der Waals surface area contributed by atoms with E-state index in [9.17, 15) is 14.0 Å². The highest BCUT2D eigenvalue weighted by molar-refractivity contribution is 6.36. The predicted octanol–water partition coefficient (Wildman–Crippen LogP) is 2.40. The van der Waals surface area contributed by atoms with Crippen molar-refractivity contribution in [2.24, 2.45) is 0 Å². The monoisotopic (exact) mass is 394 g/mol. The second kappa shape index (κ2) is 7.67. The highest BCUT2D eigenvalue weighted by atomic mass is 19.1. The summed E-state index contributed by atoms with van der Waals surface area (Å²) in [4.78, 5) is 30.9. The number of anilines is 2. The minimum absolute atomic E-state index is 0.205. The maximum absolute atomic E-state index is 13.3. The van der Waals surface area contributed by atoms with Crippen LogP contribution in [0.1, 0.15) is 5.56 Å². The van der Waals surface area contributed by atoms with Crippen molar-refractivity contribution in [3.05, 3.63) is 65.6 Å². The number of amides is 2. The first-order valence-corrected chi connectivity index (χ1v) is 9.57. The van der Waals surface area contributed by atoms with E-state index in [4.69, 9.17) is 0 Å². The molecule has 2 aromatic carbocycles. The van der Waals surface area contributed by atoms with Gasteiger partial charge in [-0.2, -0.15) is 0 Å². The molecule has 0 atom stereocenters. The Bertz CT molecular complexity index is 961. The molecule has 0 aromatic heterocycles. The van der Waals surface area contributed by atoms with Crippen molar-refractivity contribution in [3.8, 4) is 0 Å². The van der Waals surface area contributed by atoms with E-state index in [-0.39, 0.29) is 11.3 Å². The van der Waals surface area contributed by atoms with Crippen molar-refractivity contribution in [2.45, 2.75) is 0 Å². The van der Waals surface area contributed by atoms with Gasteiger partial charge in [0, 0.05) is 44.6 Å². The van der Waals surface area contributed by atoms with Crippen LogP contribution in [0.3, 0.4) is 0 Å². The van der Waals surface area contributed by atoms with Crippen molar-refractivity contribution in [1.29, 1.82) is 0 Å². The lowest BCUT2D eigenvalue weighted by Crippen LogP contribution is -2.44. The van der Waals surface area contributed by atoms with E-state index in [1.807, 2.05) is 24.3 Å². The first-order chi connectivity index (χ1) is 13.9. The molecule has 0 unspecified atom stereocenters. The molecule has 29 heavy (non-hydrogen) atoms. The fraction of sp³-hybridized carbons (Fsp3) is 0.273. The van der Waals surface area contributed by atoms with Crippen molar-refractivity contribution in [2.75, 3.05) is 50.5 Å². The van der Waals surface area contributed by atoms with Gasteiger partial charge >= 0.3 is 0 Å². The molecule has 0 bridgehead atoms. The summed E-state index contributed by atoms with van der Waals surface area (Å²) < 4.78 is 13.3. The number of hydrogen-bond donors (Lipinski definition) is 1. The SMILES string of the molecule is CN1CCN(c2ccc(NC3=C(c4ccc(F)cc4)C(=O)N(C)C3=O)cc2)CC1. The topological polar surface area (TPSA) is 55.9 Å². The molecule has 6 nitrogen and oxygen atoms in total. The van der Waals surface area contributed by atoms with Crippen LogP contribution in [0.25, 0.3) is 5.57 Å². The lowest BCUT2D eigenvalue weighted by Gasteiger charge is -2.34. The standard InChI is InChI=1S/C22H23FN4O2/c1-25-11-13-27(14-12-25)18-9-7-17(8-10-18)24-20-19(21(28)26(2)22(20)29)15-3-5-16(23)6-4-15/h3-10,24H,11-14H2,1-2H3. The quantitative estimate of drug-likeness (QED) is 0.807. The third-order valence-electron chi connectivity index (χ3n) is 5.42. The molecule has 0 spiro atoms. The molecule has 2 aliphatic rings. The van der Waals surface area contributed by atoms with Crippen LogP contribution in [0.5, 0.6) is 0 Å². The van der Waals surface area contributed by atoms with Gasteiger partial charge in [0.05, 0.1) is 5.57 Å². The zero-order valence-corrected chi connectivity index (χ0v) is 16.5. The average molecular weight is 394 g/mol. The van der Waals surface area contributed by atoms with E-state index in [0.717, 1.165) is 36.8 Å². The van der Waals surface area contributed by atoms with Gasteiger partial charge < -0.3 is 15.1 Å². The molecule has 1 fully saturated rings. The molecule has 2 aliphatic heterocycles. The summed E-state index contributed by atoms with van der Waals surface area (Å²) in [5.74, 6) is -1.20. The summed E-state index contributed by atoms with van der Waals surface area (Å²) in [7, 11) is 3.56. The smallest absolute Gasteiger partial charge is 0.277 e. The Hall–Kier alpha value is -3.19. The number of benzene rings is 2. The first-order valence-electron chi connectivity index (χ1n) is 9.57. The fourth-order valence-electron chi connectivity index (χ4n) is 3.61. The van der Waals surface area contributed by atoms with Crippen molar-refractivity contribution >= 4 is 28.8 Å². The van der Waals surface area contributed by atoms with Crippen LogP contribution in [-0.4, -0.2) is 61.9 Å². The van der Waals surface area contributed by atoms with Gasteiger partial charge in [-0.3, -0.25) is 14.5 Å². The van der Waals surface area contributed by atoms with Gasteiger partial charge in [0.2, 0.25) is 0 Å². The Morgan fingerprint density at radius 3 is 2.07 bits per heavy atom. The van der Waals surface area contributed by atoms with Crippen LogP contribution < -0.4 is 10.2 Å². The predicted molar refractivity (Wildman–Crippen MR) is 111 cm³/mol. The van der Waals surface area contributed by atoms with E-state index >= 15 is 0 Å². The van der Waals surface area contributed by atoms with Crippen molar-refractivity contribution < 1.29 is 14.0 Å². The van der Waals surface area contributed by atoms with Gasteiger partial charge in [-0.05, 0) is 49.0 Å². The van der Waals surface area contributed by atoms with Gasteiger partial charge in [-0.1, -0.05) is 12.1 Å². The van der Waals surface area contributed by atoms with Crippen molar-refractivity contribution in [1.82, 2.24) is 9.80 Å². The van der Waals surface area contributed by atoms with Crippen LogP contribution in [0.2, 0.25) is 0 Å². The van der Waals surface area contributed by atoms with Gasteiger partial charge in [-0.15, -0.1) is 0 Å². The lowest BCUT2D eigenvalue weighted by molar-refractivity contribution is -0.135. The minimum Gasteiger partial charge on any atom is -0.369 e. The average Bonchev–Trinajstić information content (AvgIpc) is 2.94. The highest BCUT2D eigenvalue weighted by Gasteiger charge is 2.36. The van der Waals surface area contributed by atoms with E-state index in [0.29, 0.717) is 11.3 Å². The highest BCUT2D eigenvalue weighted by Crippen LogP contribution is 2.30. The largest absolute Gasteiger partial charge is 0.369 e. The number of nitrogens with zero attached hydrogens (tertiary/aromatic N) is 3. The fourth-order valence-corrected chi connectivity index (χ4v) is 3.61. The maximum Gasteiger partial charge on any atom is 0.277 e. The summed E-state index contributed by atoms with van der Waals surface area (Å²) >= 11 is 0. The van der Waals surface area contributed by atoms with Crippen LogP contribution in [0.4, 0.5) is 15.8 Å². The van der Waals surface area contributed by atoms with E-state index < -0.39 is 17.6 Å². The summed E-state index contributed by atoms with van der Waals surface area (Å²) in [6.45, 7) is 4.00. The van der Waals surface area contributed by atoms with Gasteiger partial charge in [0.25, 0.3) is 11.8 Å². The van der Waals surface area contributed by atoms with Crippen LogP contribution >= 0.6 is 0 Å². The second-order valence-electron chi connectivity index (χ2n) is 7.39. The third kappa shape index (κ3) is 3.73. The molecular weight excluding hydrogens is 371 g/mol. The summed E-state index contributed by atoms with van der Waals surface area (Å²) in [6, 6.07) is 13.4. The number of rotatable bonds is 4. The molecule has 0 radical (unpaired) electrons. The van der Waals surface area contributed by atoms with Gasteiger partial charge in [0.15, 0.2) is 0 Å². The molecule has 0 aliphatic carbocycles. The minimum atomic E-state index is -0.405. The lowest BCUT2D eigenvalue weighted by atomic mass is 10.0. The number of piperazine rings is 1. The second-order valence-corrected chi connectivity index (χ2v) is 7.39. The summed E-state index contributed by atoms with van der Waals surface area (Å²) in [6.07, 6.45) is 0. The van der Waals surface area contributed by atoms with Gasteiger partial charge in [0.1, 0.15) is 11.5 Å². The van der Waals surface area contributed by atoms with E-state index in [1.165, 1.54) is 31.3 Å². The van der Waals surface area contributed by atoms with Crippen LogP contribution in [0.15, 0.2) is 54.2 Å². The Labute approximate surface area is 169 Å². The summed E-state index contributed by atoms with van der Waals surface area (Å²) in [5, 5.41) is 3.10. The Morgan fingerprint density at radius 1 is 0.828 bits per heavy atom. The normalized spacial score (nSPS) is 18.0. The maximum atomic E-state index is 13.3. The number of carbonyl (C=O) groups excluding carboxylic acids is 2. The number of hydrogen-bond acceptors (Lipinski definition) is 5. The number of likely N-dealkylation sites (N-methyl/N-ethyl adjacent to an activating group) is 2. The molecule has 2 aromatic rings. The molecule has 2 heterocycles. The number of halogens is 1. The molecule has 4 rings (SSSR count). The molecule has 0 saturated carbocycles. The number of imide groups is 1. The van der Waals surface area contributed by atoms with Gasteiger partial charge in [-0.25, -0.2) is 4.39 Å².